The predicted molar refractivity (Wildman–Crippen MR) is 75.2 cm³/mol. The summed E-state index contributed by atoms with van der Waals surface area (Å²) in [7, 11) is 0. The Morgan fingerprint density at radius 2 is 2.33 bits per heavy atom. The summed E-state index contributed by atoms with van der Waals surface area (Å²) in [4.78, 5) is 23.7. The van der Waals surface area contributed by atoms with Gasteiger partial charge in [-0.05, 0) is 36.3 Å². The van der Waals surface area contributed by atoms with Gasteiger partial charge in [0.25, 0.3) is 0 Å². The highest BCUT2D eigenvalue weighted by Gasteiger charge is 2.18. The number of hydrogen-bond donors (Lipinski definition) is 2. The molecule has 0 saturated heterocycles. The van der Waals surface area contributed by atoms with Crippen LogP contribution in [0.25, 0.3) is 0 Å². The van der Waals surface area contributed by atoms with Crippen molar-refractivity contribution in [1.82, 2.24) is 5.32 Å². The van der Waals surface area contributed by atoms with Crippen LogP contribution in [0.3, 0.4) is 0 Å². The Hall–Kier alpha value is -1.01. The first-order valence-corrected chi connectivity index (χ1v) is 7.94. The number of aliphatic carboxylic acids is 1. The molecule has 1 aromatic heterocycles. The smallest absolute Gasteiger partial charge is 0.326 e. The van der Waals surface area contributed by atoms with E-state index in [1.165, 1.54) is 0 Å². The fraction of sp³-hybridized carbons (Fsp3) is 0.500. The standard InChI is InChI=1S/C12H17NO3S2/c1-17-8-6-10(12(15)16)13-11(14)5-4-9-3-2-7-18-9/h2-3,7,10H,4-6,8H2,1H3,(H,13,14)(H,15,16). The van der Waals surface area contributed by atoms with Crippen LogP contribution < -0.4 is 5.32 Å². The SMILES string of the molecule is CSCCC(NC(=O)CCc1cccs1)C(=O)O. The van der Waals surface area contributed by atoms with Crippen LogP contribution in [0.4, 0.5) is 0 Å². The summed E-state index contributed by atoms with van der Waals surface area (Å²) in [6.07, 6.45) is 3.38. The Balaban J connectivity index is 2.34. The van der Waals surface area contributed by atoms with E-state index in [-0.39, 0.29) is 5.91 Å². The molecule has 4 nitrogen and oxygen atoms in total. The van der Waals surface area contributed by atoms with E-state index in [1.807, 2.05) is 23.8 Å². The van der Waals surface area contributed by atoms with Crippen molar-refractivity contribution < 1.29 is 14.7 Å². The molecule has 0 saturated carbocycles. The van der Waals surface area contributed by atoms with Crippen molar-refractivity contribution in [3.63, 3.8) is 0 Å². The number of thiophene rings is 1. The molecular weight excluding hydrogens is 270 g/mol. The number of carboxylic acids is 1. The van der Waals surface area contributed by atoms with Gasteiger partial charge in [0, 0.05) is 11.3 Å². The molecule has 0 fully saturated rings. The van der Waals surface area contributed by atoms with Crippen molar-refractivity contribution in [2.24, 2.45) is 0 Å². The van der Waals surface area contributed by atoms with Crippen LogP contribution in [0.15, 0.2) is 17.5 Å². The zero-order chi connectivity index (χ0) is 13.4. The zero-order valence-corrected chi connectivity index (χ0v) is 11.9. The molecule has 1 heterocycles. The van der Waals surface area contributed by atoms with Crippen LogP contribution in [-0.4, -0.2) is 35.0 Å². The number of amides is 1. The van der Waals surface area contributed by atoms with Gasteiger partial charge in [-0.25, -0.2) is 4.79 Å². The van der Waals surface area contributed by atoms with Crippen LogP contribution in [0.2, 0.25) is 0 Å². The third kappa shape index (κ3) is 5.55. The second-order valence-corrected chi connectivity index (χ2v) is 5.84. The van der Waals surface area contributed by atoms with Gasteiger partial charge in [-0.1, -0.05) is 6.07 Å². The molecular formula is C12H17NO3S2. The Morgan fingerprint density at radius 1 is 1.56 bits per heavy atom. The average Bonchev–Trinajstić information content (AvgIpc) is 2.84. The molecule has 0 aliphatic rings. The number of carboxylic acid groups (broad SMARTS) is 1. The molecule has 0 aromatic carbocycles. The van der Waals surface area contributed by atoms with Crippen molar-refractivity contribution in [3.8, 4) is 0 Å². The molecule has 1 unspecified atom stereocenters. The second-order valence-electron chi connectivity index (χ2n) is 3.82. The van der Waals surface area contributed by atoms with Gasteiger partial charge in [0.15, 0.2) is 0 Å². The highest BCUT2D eigenvalue weighted by molar-refractivity contribution is 7.98. The monoisotopic (exact) mass is 287 g/mol. The number of thioether (sulfide) groups is 1. The van der Waals surface area contributed by atoms with Gasteiger partial charge in [0.2, 0.25) is 5.91 Å². The molecule has 0 aliphatic carbocycles. The number of carbonyl (C=O) groups is 2. The lowest BCUT2D eigenvalue weighted by Crippen LogP contribution is -2.41. The normalized spacial score (nSPS) is 12.1. The summed E-state index contributed by atoms with van der Waals surface area (Å²) in [6.45, 7) is 0. The zero-order valence-electron chi connectivity index (χ0n) is 10.2. The van der Waals surface area contributed by atoms with E-state index >= 15 is 0 Å². The van der Waals surface area contributed by atoms with Gasteiger partial charge in [-0.3, -0.25) is 4.79 Å². The highest BCUT2D eigenvalue weighted by atomic mass is 32.2. The summed E-state index contributed by atoms with van der Waals surface area (Å²) in [6, 6.07) is 3.14. The van der Waals surface area contributed by atoms with Crippen LogP contribution in [-0.2, 0) is 16.0 Å². The molecule has 6 heteroatoms. The maximum absolute atomic E-state index is 11.6. The molecule has 1 amide bonds. The van der Waals surface area contributed by atoms with Crippen LogP contribution >= 0.6 is 23.1 Å². The Bertz CT molecular complexity index is 379. The molecule has 0 radical (unpaired) electrons. The van der Waals surface area contributed by atoms with E-state index in [1.54, 1.807) is 23.1 Å². The summed E-state index contributed by atoms with van der Waals surface area (Å²) >= 11 is 3.18. The minimum Gasteiger partial charge on any atom is -0.480 e. The van der Waals surface area contributed by atoms with Gasteiger partial charge in [-0.2, -0.15) is 11.8 Å². The molecule has 1 rings (SSSR count). The maximum Gasteiger partial charge on any atom is 0.326 e. The number of carbonyl (C=O) groups excluding carboxylic acids is 1. The second kappa shape index (κ2) is 8.16. The third-order valence-corrected chi connectivity index (χ3v) is 4.00. The third-order valence-electron chi connectivity index (χ3n) is 2.42. The van der Waals surface area contributed by atoms with E-state index in [2.05, 4.69) is 5.32 Å². The fourth-order valence-corrected chi connectivity index (χ4v) is 2.63. The molecule has 18 heavy (non-hydrogen) atoms. The summed E-state index contributed by atoms with van der Waals surface area (Å²) in [5.74, 6) is -0.437. The minimum absolute atomic E-state index is 0.197. The van der Waals surface area contributed by atoms with Gasteiger partial charge in [0.1, 0.15) is 6.04 Å². The lowest BCUT2D eigenvalue weighted by atomic mass is 10.2. The van der Waals surface area contributed by atoms with Crippen molar-refractivity contribution in [1.29, 1.82) is 0 Å². The number of hydrogen-bond acceptors (Lipinski definition) is 4. The van der Waals surface area contributed by atoms with E-state index in [0.29, 0.717) is 19.3 Å². The highest BCUT2D eigenvalue weighted by Crippen LogP contribution is 2.11. The Morgan fingerprint density at radius 3 is 2.89 bits per heavy atom. The van der Waals surface area contributed by atoms with Crippen LogP contribution in [0, 0.1) is 0 Å². The van der Waals surface area contributed by atoms with Crippen LogP contribution in [0.1, 0.15) is 17.7 Å². The first kappa shape index (κ1) is 15.0. The van der Waals surface area contributed by atoms with Gasteiger partial charge >= 0.3 is 5.97 Å². The van der Waals surface area contributed by atoms with Crippen molar-refractivity contribution in [3.05, 3.63) is 22.4 Å². The van der Waals surface area contributed by atoms with E-state index in [9.17, 15) is 9.59 Å². The largest absolute Gasteiger partial charge is 0.480 e. The summed E-state index contributed by atoms with van der Waals surface area (Å²) in [5, 5.41) is 13.5. The van der Waals surface area contributed by atoms with Crippen molar-refractivity contribution in [2.45, 2.75) is 25.3 Å². The minimum atomic E-state index is -0.964. The topological polar surface area (TPSA) is 66.4 Å². The summed E-state index contributed by atoms with van der Waals surface area (Å²) in [5.41, 5.74) is 0. The average molecular weight is 287 g/mol. The Labute approximate surface area is 115 Å². The predicted octanol–water partition coefficient (Wildman–Crippen LogP) is 2.00. The fourth-order valence-electron chi connectivity index (χ4n) is 1.45. The van der Waals surface area contributed by atoms with Crippen LogP contribution in [0.5, 0.6) is 0 Å². The maximum atomic E-state index is 11.6. The summed E-state index contributed by atoms with van der Waals surface area (Å²) < 4.78 is 0. The molecule has 2 N–H and O–H groups in total. The van der Waals surface area contributed by atoms with E-state index < -0.39 is 12.0 Å². The lowest BCUT2D eigenvalue weighted by Gasteiger charge is -2.13. The molecule has 100 valence electrons. The van der Waals surface area contributed by atoms with E-state index in [4.69, 9.17) is 5.11 Å². The quantitative estimate of drug-likeness (QED) is 0.767. The van der Waals surface area contributed by atoms with Crippen molar-refractivity contribution >= 4 is 35.0 Å². The molecule has 0 spiro atoms. The van der Waals surface area contributed by atoms with Crippen molar-refractivity contribution in [2.75, 3.05) is 12.0 Å². The van der Waals surface area contributed by atoms with Gasteiger partial charge in [0.05, 0.1) is 0 Å². The number of aryl methyl sites for hydroxylation is 1. The number of rotatable bonds is 8. The molecule has 1 atom stereocenters. The van der Waals surface area contributed by atoms with E-state index in [0.717, 1.165) is 10.6 Å². The first-order chi connectivity index (χ1) is 8.63. The van der Waals surface area contributed by atoms with Gasteiger partial charge < -0.3 is 10.4 Å². The number of nitrogens with one attached hydrogen (secondary N) is 1. The molecule has 1 aromatic rings. The Kier molecular flexibility index (Phi) is 6.82. The van der Waals surface area contributed by atoms with Gasteiger partial charge in [-0.15, -0.1) is 11.3 Å². The lowest BCUT2D eigenvalue weighted by molar-refractivity contribution is -0.141. The molecule has 0 bridgehead atoms. The molecule has 0 aliphatic heterocycles. The first-order valence-electron chi connectivity index (χ1n) is 5.67.